The van der Waals surface area contributed by atoms with Crippen LogP contribution in [0.4, 0.5) is 0 Å². The Labute approximate surface area is 114 Å². The van der Waals surface area contributed by atoms with E-state index in [0.717, 1.165) is 18.7 Å². The molecule has 0 aliphatic carbocycles. The van der Waals surface area contributed by atoms with Gasteiger partial charge in [-0.15, -0.1) is 0 Å². The van der Waals surface area contributed by atoms with Crippen molar-refractivity contribution in [2.24, 2.45) is 0 Å². The molecule has 2 N–H and O–H groups in total. The van der Waals surface area contributed by atoms with Crippen LogP contribution in [0.3, 0.4) is 0 Å². The van der Waals surface area contributed by atoms with Gasteiger partial charge >= 0.3 is 0 Å². The molecule has 1 atom stereocenters. The topological polar surface area (TPSA) is 51.8 Å². The summed E-state index contributed by atoms with van der Waals surface area (Å²) in [5.74, 6) is -1.00. The largest absolute Gasteiger partial charge is 0.356 e. The summed E-state index contributed by atoms with van der Waals surface area (Å²) < 4.78 is 16.9. The van der Waals surface area contributed by atoms with Crippen molar-refractivity contribution >= 4 is 0 Å². The van der Waals surface area contributed by atoms with Crippen molar-refractivity contribution in [3.8, 4) is 0 Å². The molecule has 2 rings (SSSR count). The first-order valence-corrected chi connectivity index (χ1v) is 6.41. The molecule has 1 saturated heterocycles. The van der Waals surface area contributed by atoms with Crippen LogP contribution in [0.15, 0.2) is 30.3 Å². The van der Waals surface area contributed by atoms with Gasteiger partial charge in [0.25, 0.3) is 5.91 Å². The Morgan fingerprint density at radius 3 is 2.16 bits per heavy atom. The van der Waals surface area contributed by atoms with Crippen LogP contribution in [-0.4, -0.2) is 46.1 Å². The standard InChI is InChI=1S/C14H22N2O3/c1-17-13(11-12-7-5-4-6-8-12)14(18-2,19-3)16-10-9-15-13/h4-8,15-16H,9-11H2,1-3H3. The van der Waals surface area contributed by atoms with Gasteiger partial charge in [-0.1, -0.05) is 30.3 Å². The average molecular weight is 266 g/mol. The highest BCUT2D eigenvalue weighted by atomic mass is 16.7. The van der Waals surface area contributed by atoms with Crippen LogP contribution >= 0.6 is 0 Å². The predicted molar refractivity (Wildman–Crippen MR) is 72.6 cm³/mol. The summed E-state index contributed by atoms with van der Waals surface area (Å²) in [5, 5.41) is 6.65. The van der Waals surface area contributed by atoms with E-state index in [0.29, 0.717) is 6.42 Å². The van der Waals surface area contributed by atoms with Crippen molar-refractivity contribution in [1.29, 1.82) is 0 Å². The lowest BCUT2D eigenvalue weighted by Gasteiger charge is -2.50. The molecule has 106 valence electrons. The molecule has 5 nitrogen and oxygen atoms in total. The van der Waals surface area contributed by atoms with Crippen LogP contribution in [-0.2, 0) is 20.6 Å². The normalized spacial score (nSPS) is 26.3. The quantitative estimate of drug-likeness (QED) is 0.769. The van der Waals surface area contributed by atoms with E-state index in [9.17, 15) is 0 Å². The number of methoxy groups -OCH3 is 3. The minimum absolute atomic E-state index is 0.638. The van der Waals surface area contributed by atoms with E-state index in [2.05, 4.69) is 22.8 Å². The number of hydrogen-bond donors (Lipinski definition) is 2. The smallest absolute Gasteiger partial charge is 0.272 e. The number of nitrogens with one attached hydrogen (secondary N) is 2. The number of rotatable bonds is 5. The first kappa shape index (κ1) is 14.4. The molecule has 1 heterocycles. The number of hydrogen-bond acceptors (Lipinski definition) is 5. The van der Waals surface area contributed by atoms with E-state index in [1.165, 1.54) is 0 Å². The molecular weight excluding hydrogens is 244 g/mol. The second kappa shape index (κ2) is 5.98. The summed E-state index contributed by atoms with van der Waals surface area (Å²) in [7, 11) is 4.89. The molecule has 0 amide bonds. The van der Waals surface area contributed by atoms with Gasteiger partial charge in [0.1, 0.15) is 0 Å². The Hall–Kier alpha value is -0.980. The highest BCUT2D eigenvalue weighted by Crippen LogP contribution is 2.31. The van der Waals surface area contributed by atoms with Gasteiger partial charge < -0.3 is 14.2 Å². The van der Waals surface area contributed by atoms with Crippen LogP contribution < -0.4 is 10.6 Å². The van der Waals surface area contributed by atoms with Crippen LogP contribution in [0, 0.1) is 0 Å². The molecule has 19 heavy (non-hydrogen) atoms. The molecule has 0 aromatic heterocycles. The molecule has 1 fully saturated rings. The Morgan fingerprint density at radius 2 is 1.58 bits per heavy atom. The molecule has 5 heteroatoms. The monoisotopic (exact) mass is 266 g/mol. The second-order valence-electron chi connectivity index (χ2n) is 4.57. The number of ether oxygens (including phenoxy) is 3. The van der Waals surface area contributed by atoms with Gasteiger partial charge in [0.15, 0.2) is 5.72 Å². The first-order chi connectivity index (χ1) is 9.22. The molecule has 0 spiro atoms. The third-order valence-electron chi connectivity index (χ3n) is 3.64. The van der Waals surface area contributed by atoms with E-state index >= 15 is 0 Å². The molecule has 1 aromatic carbocycles. The van der Waals surface area contributed by atoms with Gasteiger partial charge in [0.2, 0.25) is 0 Å². The van der Waals surface area contributed by atoms with Crippen molar-refractivity contribution in [2.75, 3.05) is 34.4 Å². The molecule has 0 saturated carbocycles. The maximum atomic E-state index is 5.76. The zero-order valence-corrected chi connectivity index (χ0v) is 11.7. The van der Waals surface area contributed by atoms with Gasteiger partial charge in [-0.25, -0.2) is 0 Å². The minimum atomic E-state index is -1.00. The molecule has 1 aliphatic heterocycles. The van der Waals surface area contributed by atoms with Crippen molar-refractivity contribution in [3.63, 3.8) is 0 Å². The van der Waals surface area contributed by atoms with Gasteiger partial charge in [-0.3, -0.25) is 10.6 Å². The highest BCUT2D eigenvalue weighted by molar-refractivity contribution is 5.18. The molecule has 1 aliphatic rings. The van der Waals surface area contributed by atoms with E-state index in [-0.39, 0.29) is 0 Å². The SMILES string of the molecule is COC1(Cc2ccccc2)NCCNC1(OC)OC. The van der Waals surface area contributed by atoms with Crippen LogP contribution in [0.1, 0.15) is 5.56 Å². The lowest BCUT2D eigenvalue weighted by molar-refractivity contribution is -0.342. The number of piperazine rings is 1. The van der Waals surface area contributed by atoms with Crippen molar-refractivity contribution < 1.29 is 14.2 Å². The molecule has 1 unspecified atom stereocenters. The summed E-state index contributed by atoms with van der Waals surface area (Å²) in [6.07, 6.45) is 0.638. The summed E-state index contributed by atoms with van der Waals surface area (Å²) in [6, 6.07) is 10.1. The first-order valence-electron chi connectivity index (χ1n) is 6.41. The molecular formula is C14H22N2O3. The van der Waals surface area contributed by atoms with Crippen molar-refractivity contribution in [2.45, 2.75) is 18.1 Å². The van der Waals surface area contributed by atoms with Crippen LogP contribution in [0.25, 0.3) is 0 Å². The van der Waals surface area contributed by atoms with E-state index in [4.69, 9.17) is 14.2 Å². The van der Waals surface area contributed by atoms with E-state index in [1.54, 1.807) is 21.3 Å². The third kappa shape index (κ3) is 2.52. The third-order valence-corrected chi connectivity index (χ3v) is 3.64. The van der Waals surface area contributed by atoms with Crippen molar-refractivity contribution in [3.05, 3.63) is 35.9 Å². The summed E-state index contributed by atoms with van der Waals surface area (Å²) >= 11 is 0. The van der Waals surface area contributed by atoms with E-state index in [1.807, 2.05) is 18.2 Å². The lowest BCUT2D eigenvalue weighted by atomic mass is 9.96. The van der Waals surface area contributed by atoms with Gasteiger partial charge in [0.05, 0.1) is 0 Å². The summed E-state index contributed by atoms with van der Waals surface area (Å²) in [4.78, 5) is 0. The molecule has 1 aromatic rings. The van der Waals surface area contributed by atoms with E-state index < -0.39 is 11.6 Å². The Morgan fingerprint density at radius 1 is 0.947 bits per heavy atom. The fourth-order valence-corrected chi connectivity index (χ4v) is 2.65. The zero-order chi connectivity index (χ0) is 13.8. The second-order valence-corrected chi connectivity index (χ2v) is 4.57. The number of benzene rings is 1. The average Bonchev–Trinajstić information content (AvgIpc) is 2.49. The van der Waals surface area contributed by atoms with Crippen LogP contribution in [0.2, 0.25) is 0 Å². The zero-order valence-electron chi connectivity index (χ0n) is 11.7. The fraction of sp³-hybridized carbons (Fsp3) is 0.571. The molecule has 0 bridgehead atoms. The Bertz CT molecular complexity index is 395. The highest BCUT2D eigenvalue weighted by Gasteiger charge is 2.55. The minimum Gasteiger partial charge on any atom is -0.356 e. The predicted octanol–water partition coefficient (Wildman–Crippen LogP) is 0.711. The molecule has 0 radical (unpaired) electrons. The maximum Gasteiger partial charge on any atom is 0.272 e. The van der Waals surface area contributed by atoms with Gasteiger partial charge in [-0.05, 0) is 5.56 Å². The lowest BCUT2D eigenvalue weighted by Crippen LogP contribution is -2.77. The van der Waals surface area contributed by atoms with Gasteiger partial charge in [0, 0.05) is 40.8 Å². The Balaban J connectivity index is 2.32. The van der Waals surface area contributed by atoms with Gasteiger partial charge in [-0.2, -0.15) is 0 Å². The fourth-order valence-electron chi connectivity index (χ4n) is 2.65. The Kier molecular flexibility index (Phi) is 4.54. The summed E-state index contributed by atoms with van der Waals surface area (Å²) in [6.45, 7) is 1.54. The van der Waals surface area contributed by atoms with Crippen molar-refractivity contribution in [1.82, 2.24) is 10.6 Å². The van der Waals surface area contributed by atoms with Crippen LogP contribution in [0.5, 0.6) is 0 Å². The summed E-state index contributed by atoms with van der Waals surface area (Å²) in [5.41, 5.74) is 0.384. The maximum absolute atomic E-state index is 5.76.